The number of carboxylic acid groups (broad SMARTS) is 1. The summed E-state index contributed by atoms with van der Waals surface area (Å²) in [6.45, 7) is 2.51. The lowest BCUT2D eigenvalue weighted by atomic mass is 10.0. The predicted molar refractivity (Wildman–Crippen MR) is 252 cm³/mol. The molecule has 0 radical (unpaired) electrons. The van der Waals surface area contributed by atoms with Crippen LogP contribution < -0.4 is 54.4 Å². The second kappa shape index (κ2) is 29.5. The highest BCUT2D eigenvalue weighted by Crippen LogP contribution is 2.20. The Kier molecular flexibility index (Phi) is 25.2. The third-order valence-corrected chi connectivity index (χ3v) is 11.4. The van der Waals surface area contributed by atoms with Crippen LogP contribution >= 0.6 is 12.6 Å². The zero-order valence-electron chi connectivity index (χ0n) is 39.5. The van der Waals surface area contributed by atoms with Crippen molar-refractivity contribution >= 4 is 77.7 Å². The standard InChI is InChI=1S/C43H67N11O16S/c1-20(2)15-26(38(64)53-34(21(3)57)43(69)70)49-41(67)31-5-4-14-54(31)42(68)29(18-56)51-39(65)28(17-55)50-40(66)30(19-71)52-37(63)27(16-22-6-8-23(58)9-7-22)48-36(62)25(11-13-33(46)60)47-35(61)24(44)10-12-32(45)59/h6-9,20-21,24-31,34,55-58,71H,4-5,10-19,44H2,1-3H3,(H2,45,59)(H2,46,60)(H,47,61)(H,48,62)(H,49,67)(H,50,66)(H,51,65)(H,52,63)(H,53,64)(H,69,70)/t21-,24+,25+,26+,27+,28+,29+,30+,31+,34+/m1/s1. The number of carbonyl (C=O) groups excluding carboxylic acids is 10. The minimum absolute atomic E-state index is 0.0274. The van der Waals surface area contributed by atoms with Crippen LogP contribution in [0.3, 0.4) is 0 Å². The molecule has 0 aliphatic carbocycles. The van der Waals surface area contributed by atoms with Crippen molar-refractivity contribution in [2.24, 2.45) is 23.1 Å². The summed E-state index contributed by atoms with van der Waals surface area (Å²) < 4.78 is 0. The number of phenolic OH excluding ortho intramolecular Hbond substituents is 1. The zero-order valence-corrected chi connectivity index (χ0v) is 40.4. The van der Waals surface area contributed by atoms with Crippen LogP contribution in [0, 0.1) is 5.92 Å². The van der Waals surface area contributed by atoms with Gasteiger partial charge in [-0.2, -0.15) is 12.6 Å². The quantitative estimate of drug-likeness (QED) is 0.0319. The average molecular weight is 1030 g/mol. The van der Waals surface area contributed by atoms with Crippen LogP contribution in [0.25, 0.3) is 0 Å². The SMILES string of the molecule is CC(C)C[C@H](NC(=O)[C@@H]1CCCN1C(=O)[C@H](CO)NC(=O)[C@H](CO)NC(=O)[C@H](CS)NC(=O)[C@H](Cc1ccc(O)cc1)NC(=O)[C@H](CCC(N)=O)NC(=O)[C@@H](N)CCC(N)=O)C(=O)N[C@H](C(=O)O)[C@@H](C)O. The number of hydrogen-bond donors (Lipinski definition) is 16. The number of amides is 10. The molecule has 396 valence electrons. The van der Waals surface area contributed by atoms with E-state index in [1.165, 1.54) is 24.3 Å². The monoisotopic (exact) mass is 1030 g/mol. The Morgan fingerprint density at radius 2 is 1.17 bits per heavy atom. The number of carboxylic acids is 1. The number of aliphatic hydroxyl groups is 3. The number of likely N-dealkylation sites (tertiary alicyclic amines) is 1. The number of primary amides is 2. The molecule has 0 bridgehead atoms. The van der Waals surface area contributed by atoms with Crippen LogP contribution in [-0.2, 0) is 59.2 Å². The van der Waals surface area contributed by atoms with Crippen molar-refractivity contribution in [1.82, 2.24) is 42.1 Å². The van der Waals surface area contributed by atoms with Gasteiger partial charge in [0.15, 0.2) is 6.04 Å². The number of benzene rings is 1. The Morgan fingerprint density at radius 3 is 1.70 bits per heavy atom. The maximum Gasteiger partial charge on any atom is 0.328 e. The number of phenols is 1. The second-order valence-corrected chi connectivity index (χ2v) is 17.7. The molecule has 1 saturated heterocycles. The van der Waals surface area contributed by atoms with Crippen molar-refractivity contribution in [1.29, 1.82) is 0 Å². The fraction of sp³-hybridized carbons (Fsp3) is 0.605. The number of carbonyl (C=O) groups is 11. The van der Waals surface area contributed by atoms with Gasteiger partial charge < -0.3 is 84.9 Å². The third kappa shape index (κ3) is 20.0. The van der Waals surface area contributed by atoms with Crippen molar-refractivity contribution in [2.45, 2.75) is 133 Å². The van der Waals surface area contributed by atoms with Crippen LogP contribution in [0.1, 0.15) is 71.3 Å². The molecule has 0 unspecified atom stereocenters. The number of nitrogens with zero attached hydrogens (tertiary/aromatic N) is 1. The highest BCUT2D eigenvalue weighted by atomic mass is 32.1. The molecule has 0 saturated carbocycles. The summed E-state index contributed by atoms with van der Waals surface area (Å²) in [7, 11) is 0. The molecule has 0 aromatic heterocycles. The lowest BCUT2D eigenvalue weighted by Crippen LogP contribution is -2.61. The van der Waals surface area contributed by atoms with Crippen LogP contribution in [0.15, 0.2) is 24.3 Å². The van der Waals surface area contributed by atoms with Gasteiger partial charge in [0.05, 0.1) is 25.4 Å². The Labute approximate surface area is 413 Å². The van der Waals surface area contributed by atoms with Gasteiger partial charge >= 0.3 is 5.97 Å². The van der Waals surface area contributed by atoms with Crippen molar-refractivity contribution in [3.63, 3.8) is 0 Å². The van der Waals surface area contributed by atoms with E-state index in [2.05, 4.69) is 49.8 Å². The van der Waals surface area contributed by atoms with Gasteiger partial charge in [-0.1, -0.05) is 26.0 Å². The van der Waals surface area contributed by atoms with Crippen LogP contribution in [0.2, 0.25) is 0 Å². The van der Waals surface area contributed by atoms with Crippen LogP contribution in [-0.4, -0.2) is 181 Å². The topological polar surface area (TPSA) is 454 Å². The fourth-order valence-electron chi connectivity index (χ4n) is 7.12. The Morgan fingerprint density at radius 1 is 0.676 bits per heavy atom. The van der Waals surface area contributed by atoms with E-state index in [9.17, 15) is 78.3 Å². The van der Waals surface area contributed by atoms with Crippen molar-refractivity contribution in [3.05, 3.63) is 29.8 Å². The molecule has 1 fully saturated rings. The largest absolute Gasteiger partial charge is 0.508 e. The van der Waals surface area contributed by atoms with E-state index >= 15 is 0 Å². The molecular formula is C43H67N11O16S. The number of nitrogens with two attached hydrogens (primary N) is 3. The summed E-state index contributed by atoms with van der Waals surface area (Å²) in [5.41, 5.74) is 16.6. The molecule has 27 nitrogen and oxygen atoms in total. The summed E-state index contributed by atoms with van der Waals surface area (Å²) in [5, 5.41) is 65.8. The number of hydrogen-bond acceptors (Lipinski definition) is 17. The molecular weight excluding hydrogens is 959 g/mol. The molecule has 10 atom stereocenters. The first-order chi connectivity index (χ1) is 33.3. The van der Waals surface area contributed by atoms with Crippen LogP contribution in [0.5, 0.6) is 5.75 Å². The van der Waals surface area contributed by atoms with Gasteiger partial charge in [0, 0.05) is 31.6 Å². The molecule has 1 heterocycles. The summed E-state index contributed by atoms with van der Waals surface area (Å²) >= 11 is 4.14. The van der Waals surface area contributed by atoms with E-state index in [0.717, 1.165) is 11.8 Å². The van der Waals surface area contributed by atoms with E-state index in [1.54, 1.807) is 13.8 Å². The highest BCUT2D eigenvalue weighted by molar-refractivity contribution is 7.80. The number of aromatic hydroxyl groups is 1. The molecule has 10 amide bonds. The molecule has 1 aromatic carbocycles. The van der Waals surface area contributed by atoms with E-state index < -0.39 is 151 Å². The van der Waals surface area contributed by atoms with Crippen LogP contribution in [0.4, 0.5) is 0 Å². The minimum atomic E-state index is -1.82. The summed E-state index contributed by atoms with van der Waals surface area (Å²) in [6.07, 6.45) is -2.53. The molecule has 2 rings (SSSR count). The first kappa shape index (κ1) is 60.5. The predicted octanol–water partition coefficient (Wildman–Crippen LogP) is -6.40. The van der Waals surface area contributed by atoms with E-state index in [-0.39, 0.29) is 63.2 Å². The number of aliphatic hydroxyl groups excluding tert-OH is 3. The molecule has 28 heteroatoms. The number of thiol groups is 1. The van der Waals surface area contributed by atoms with Gasteiger partial charge in [-0.3, -0.25) is 47.9 Å². The maximum atomic E-state index is 13.9. The molecule has 18 N–H and O–H groups in total. The lowest BCUT2D eigenvalue weighted by molar-refractivity contribution is -0.146. The van der Waals surface area contributed by atoms with Gasteiger partial charge in [-0.05, 0) is 62.6 Å². The van der Waals surface area contributed by atoms with Crippen molar-refractivity contribution in [3.8, 4) is 5.75 Å². The number of rotatable bonds is 30. The zero-order chi connectivity index (χ0) is 53.7. The van der Waals surface area contributed by atoms with Gasteiger partial charge in [0.1, 0.15) is 48.0 Å². The molecule has 71 heavy (non-hydrogen) atoms. The summed E-state index contributed by atoms with van der Waals surface area (Å²) in [6, 6.07) is -8.21. The number of aliphatic carboxylic acids is 1. The van der Waals surface area contributed by atoms with E-state index in [1.807, 2.05) is 0 Å². The highest BCUT2D eigenvalue weighted by Gasteiger charge is 2.40. The second-order valence-electron chi connectivity index (χ2n) is 17.3. The average Bonchev–Trinajstić information content (AvgIpc) is 3.81. The fourth-order valence-corrected chi connectivity index (χ4v) is 7.38. The Bertz CT molecular complexity index is 2060. The minimum Gasteiger partial charge on any atom is -0.508 e. The summed E-state index contributed by atoms with van der Waals surface area (Å²) in [4.78, 5) is 143. The first-order valence-electron chi connectivity index (χ1n) is 22.6. The third-order valence-electron chi connectivity index (χ3n) is 11.0. The Balaban J connectivity index is 2.25. The van der Waals surface area contributed by atoms with Gasteiger partial charge in [0.2, 0.25) is 59.1 Å². The van der Waals surface area contributed by atoms with Crippen molar-refractivity contribution < 1.29 is 78.3 Å². The smallest absolute Gasteiger partial charge is 0.328 e. The number of nitrogens with one attached hydrogen (secondary N) is 7. The van der Waals surface area contributed by atoms with Gasteiger partial charge in [0.25, 0.3) is 0 Å². The van der Waals surface area contributed by atoms with Crippen molar-refractivity contribution in [2.75, 3.05) is 25.5 Å². The van der Waals surface area contributed by atoms with E-state index in [4.69, 9.17) is 17.2 Å². The Hall–Kier alpha value is -6.62. The van der Waals surface area contributed by atoms with Gasteiger partial charge in [-0.15, -0.1) is 0 Å². The molecule has 1 aliphatic rings. The normalized spacial score (nSPS) is 17.1. The lowest BCUT2D eigenvalue weighted by Gasteiger charge is -2.30. The molecule has 1 aliphatic heterocycles. The molecule has 0 spiro atoms. The maximum absolute atomic E-state index is 13.9. The summed E-state index contributed by atoms with van der Waals surface area (Å²) in [5.74, 6) is -11.7. The molecule has 1 aromatic rings. The van der Waals surface area contributed by atoms with Gasteiger partial charge in [-0.25, -0.2) is 4.79 Å². The van der Waals surface area contributed by atoms with E-state index in [0.29, 0.717) is 5.56 Å². The first-order valence-corrected chi connectivity index (χ1v) is 23.2.